The summed E-state index contributed by atoms with van der Waals surface area (Å²) < 4.78 is 4.93. The molecule has 1 aromatic carbocycles. The van der Waals surface area contributed by atoms with Crippen LogP contribution in [0.1, 0.15) is 22.3 Å². The van der Waals surface area contributed by atoms with Crippen LogP contribution in [0.5, 0.6) is 5.75 Å². The smallest absolute Gasteiger partial charge is 0.311 e. The van der Waals surface area contributed by atoms with Gasteiger partial charge in [0, 0.05) is 37.1 Å². The lowest BCUT2D eigenvalue weighted by Crippen LogP contribution is -2.42. The summed E-state index contributed by atoms with van der Waals surface area (Å²) in [5.74, 6) is -0.541. The fourth-order valence-electron chi connectivity index (χ4n) is 2.37. The van der Waals surface area contributed by atoms with Gasteiger partial charge in [-0.15, -0.1) is 0 Å². The molecule has 0 aliphatic rings. The lowest BCUT2D eigenvalue weighted by atomic mass is 10.1. The molecule has 10 heteroatoms. The minimum absolute atomic E-state index is 0.0522. The molecule has 0 spiro atoms. The summed E-state index contributed by atoms with van der Waals surface area (Å²) in [4.78, 5) is 28.7. The molecule has 0 saturated carbocycles. The van der Waals surface area contributed by atoms with E-state index >= 15 is 0 Å². The maximum absolute atomic E-state index is 12.5. The molecule has 1 N–H and O–H groups in total. The van der Waals surface area contributed by atoms with E-state index in [4.69, 9.17) is 22.2 Å². The number of carbonyl (C=O) groups is 1. The predicted molar refractivity (Wildman–Crippen MR) is 105 cm³/mol. The van der Waals surface area contributed by atoms with Crippen LogP contribution in [-0.4, -0.2) is 39.5 Å². The van der Waals surface area contributed by atoms with E-state index in [1.54, 1.807) is 23.4 Å². The highest BCUT2D eigenvalue weighted by atomic mass is 32.1. The Morgan fingerprint density at radius 1 is 1.46 bits per heavy atom. The number of hydrogen-bond acceptors (Lipinski definition) is 7. The number of carbonyl (C=O) groups excluding carboxylic acids is 1. The number of nitrogens with one attached hydrogen (secondary N) is 1. The van der Waals surface area contributed by atoms with Crippen molar-refractivity contribution in [2.45, 2.75) is 13.0 Å². The van der Waals surface area contributed by atoms with E-state index in [-0.39, 0.29) is 28.5 Å². The van der Waals surface area contributed by atoms with E-state index in [0.717, 1.165) is 11.6 Å². The fourth-order valence-corrected chi connectivity index (χ4v) is 2.62. The van der Waals surface area contributed by atoms with Gasteiger partial charge in [0.1, 0.15) is 0 Å². The molecular weight excluding hydrogens is 382 g/mol. The summed E-state index contributed by atoms with van der Waals surface area (Å²) in [6.07, 6.45) is 3.51. The van der Waals surface area contributed by atoms with Gasteiger partial charge in [0.05, 0.1) is 24.5 Å². The SMILES string of the molecule is COc1ccc(C(=O)NC(=S)N(CCC#N)Cc2cccnc2)cc1[N+](=O)[O-]. The van der Waals surface area contributed by atoms with E-state index in [1.807, 2.05) is 12.1 Å². The number of ether oxygens (including phenoxy) is 1. The van der Waals surface area contributed by atoms with Gasteiger partial charge in [-0.3, -0.25) is 25.2 Å². The second kappa shape index (κ2) is 9.94. The zero-order valence-electron chi connectivity index (χ0n) is 15.0. The molecule has 0 aliphatic heterocycles. The van der Waals surface area contributed by atoms with Gasteiger partial charge in [0.2, 0.25) is 0 Å². The molecule has 1 amide bonds. The summed E-state index contributed by atoms with van der Waals surface area (Å²) in [6.45, 7) is 0.671. The number of thiocarbonyl (C=S) groups is 1. The van der Waals surface area contributed by atoms with Crippen LogP contribution in [0, 0.1) is 21.4 Å². The Kier molecular flexibility index (Phi) is 7.36. The van der Waals surface area contributed by atoms with Crippen molar-refractivity contribution in [2.75, 3.05) is 13.7 Å². The van der Waals surface area contributed by atoms with Crippen LogP contribution < -0.4 is 10.1 Å². The molecule has 9 nitrogen and oxygen atoms in total. The topological polar surface area (TPSA) is 121 Å². The van der Waals surface area contributed by atoms with Crippen LogP contribution in [0.2, 0.25) is 0 Å². The van der Waals surface area contributed by atoms with E-state index < -0.39 is 10.8 Å². The van der Waals surface area contributed by atoms with Crippen molar-refractivity contribution in [3.8, 4) is 11.8 Å². The molecule has 0 radical (unpaired) electrons. The summed E-state index contributed by atoms with van der Waals surface area (Å²) in [5.41, 5.74) is 0.603. The third-order valence-corrected chi connectivity index (χ3v) is 4.10. The van der Waals surface area contributed by atoms with Gasteiger partial charge in [0.15, 0.2) is 10.9 Å². The molecule has 2 rings (SSSR count). The minimum Gasteiger partial charge on any atom is -0.490 e. The Balaban J connectivity index is 2.15. The van der Waals surface area contributed by atoms with Gasteiger partial charge in [-0.1, -0.05) is 6.07 Å². The average Bonchev–Trinajstić information content (AvgIpc) is 2.71. The molecule has 0 aliphatic carbocycles. The van der Waals surface area contributed by atoms with Crippen molar-refractivity contribution in [3.05, 3.63) is 64.0 Å². The first-order valence-electron chi connectivity index (χ1n) is 8.14. The number of nitro benzene ring substituents is 1. The van der Waals surface area contributed by atoms with Crippen LogP contribution in [0.15, 0.2) is 42.7 Å². The number of pyridine rings is 1. The first-order chi connectivity index (χ1) is 13.5. The molecule has 1 heterocycles. The third kappa shape index (κ3) is 5.46. The molecule has 0 bridgehead atoms. The Hall–Kier alpha value is -3.58. The Bertz CT molecular complexity index is 914. The number of amides is 1. The molecule has 0 atom stereocenters. The van der Waals surface area contributed by atoms with Gasteiger partial charge in [0.25, 0.3) is 5.91 Å². The average molecular weight is 399 g/mol. The highest BCUT2D eigenvalue weighted by molar-refractivity contribution is 7.80. The normalized spacial score (nSPS) is 9.86. The molecule has 2 aromatic rings. The van der Waals surface area contributed by atoms with Gasteiger partial charge in [-0.25, -0.2) is 0 Å². The first-order valence-corrected chi connectivity index (χ1v) is 8.55. The van der Waals surface area contributed by atoms with E-state index in [0.29, 0.717) is 13.1 Å². The predicted octanol–water partition coefficient (Wildman–Crippen LogP) is 2.43. The van der Waals surface area contributed by atoms with Crippen molar-refractivity contribution in [1.29, 1.82) is 5.26 Å². The molecule has 1 aromatic heterocycles. The van der Waals surface area contributed by atoms with Crippen molar-refractivity contribution in [1.82, 2.24) is 15.2 Å². The van der Waals surface area contributed by atoms with Crippen molar-refractivity contribution in [3.63, 3.8) is 0 Å². The zero-order chi connectivity index (χ0) is 20.5. The lowest BCUT2D eigenvalue weighted by Gasteiger charge is -2.24. The summed E-state index contributed by atoms with van der Waals surface area (Å²) in [5, 5.41) is 22.7. The van der Waals surface area contributed by atoms with Gasteiger partial charge in [-0.05, 0) is 36.0 Å². The van der Waals surface area contributed by atoms with Gasteiger partial charge in [-0.2, -0.15) is 5.26 Å². The second-order valence-corrected chi connectivity index (χ2v) is 5.98. The van der Waals surface area contributed by atoms with Crippen LogP contribution in [0.25, 0.3) is 0 Å². The van der Waals surface area contributed by atoms with Gasteiger partial charge >= 0.3 is 5.69 Å². The standard InChI is InChI=1S/C18H17N5O4S/c1-27-16-6-5-14(10-15(16)23(25)26)17(24)21-18(28)22(9-3-7-19)12-13-4-2-8-20-11-13/h2,4-6,8,10-11H,3,9,12H2,1H3,(H,21,24,28). The maximum Gasteiger partial charge on any atom is 0.311 e. The number of rotatable bonds is 7. The Morgan fingerprint density at radius 2 is 2.25 bits per heavy atom. The number of nitro groups is 1. The summed E-state index contributed by atoms with van der Waals surface area (Å²) in [6, 6.07) is 9.54. The molecular formula is C18H17N5O4S. The number of hydrogen-bond donors (Lipinski definition) is 1. The summed E-state index contributed by atoms with van der Waals surface area (Å²) >= 11 is 5.30. The number of nitrogens with zero attached hydrogens (tertiary/aromatic N) is 4. The number of nitriles is 1. The maximum atomic E-state index is 12.5. The molecule has 0 unspecified atom stereocenters. The van der Waals surface area contributed by atoms with E-state index in [1.165, 1.54) is 19.2 Å². The monoisotopic (exact) mass is 399 g/mol. The van der Waals surface area contributed by atoms with Crippen molar-refractivity contribution in [2.24, 2.45) is 0 Å². The molecule has 144 valence electrons. The second-order valence-electron chi connectivity index (χ2n) is 5.59. The molecule has 0 fully saturated rings. The highest BCUT2D eigenvalue weighted by Gasteiger charge is 2.20. The Labute approximate surface area is 166 Å². The number of benzene rings is 1. The largest absolute Gasteiger partial charge is 0.490 e. The Morgan fingerprint density at radius 3 is 2.86 bits per heavy atom. The zero-order valence-corrected chi connectivity index (χ0v) is 15.8. The van der Waals surface area contributed by atoms with E-state index in [9.17, 15) is 14.9 Å². The lowest BCUT2D eigenvalue weighted by molar-refractivity contribution is -0.385. The van der Waals surface area contributed by atoms with Crippen LogP contribution in [0.3, 0.4) is 0 Å². The number of methoxy groups -OCH3 is 1. The highest BCUT2D eigenvalue weighted by Crippen LogP contribution is 2.27. The first kappa shape index (κ1) is 20.7. The molecule has 28 heavy (non-hydrogen) atoms. The third-order valence-electron chi connectivity index (χ3n) is 3.74. The van der Waals surface area contributed by atoms with Gasteiger partial charge < -0.3 is 9.64 Å². The van der Waals surface area contributed by atoms with E-state index in [2.05, 4.69) is 10.3 Å². The summed E-state index contributed by atoms with van der Waals surface area (Å²) in [7, 11) is 1.31. The number of aromatic nitrogens is 1. The minimum atomic E-state index is -0.629. The van der Waals surface area contributed by atoms with Crippen molar-refractivity contribution < 1.29 is 14.5 Å². The van der Waals surface area contributed by atoms with Crippen LogP contribution >= 0.6 is 12.2 Å². The fraction of sp³-hybridized carbons (Fsp3) is 0.222. The van der Waals surface area contributed by atoms with Crippen molar-refractivity contribution >= 4 is 28.9 Å². The quantitative estimate of drug-likeness (QED) is 0.428. The molecule has 0 saturated heterocycles. The van der Waals surface area contributed by atoms with Crippen LogP contribution in [-0.2, 0) is 6.54 Å². The van der Waals surface area contributed by atoms with Crippen LogP contribution in [0.4, 0.5) is 5.69 Å².